The molecule has 8 heterocycles. The van der Waals surface area contributed by atoms with Gasteiger partial charge in [-0.2, -0.15) is 29.3 Å². The number of alkyl halides is 4. The third kappa shape index (κ3) is 16.5. The summed E-state index contributed by atoms with van der Waals surface area (Å²) in [4.78, 5) is 123. The average Bonchev–Trinajstić information content (AvgIpc) is 1.59. The van der Waals surface area contributed by atoms with Crippen molar-refractivity contribution in [1.82, 2.24) is 55.5 Å². The molecule has 0 unspecified atom stereocenters. The molecule has 4 aromatic carbocycles. The minimum Gasteiger partial charge on any atom is -0.453 e. The highest BCUT2D eigenvalue weighted by atomic mass is 32.2. The maximum Gasteiger partial charge on any atom is 0.410 e. The number of carbonyl (C=O) groups is 7. The van der Waals surface area contributed by atoms with E-state index in [1.165, 1.54) is 33.5 Å². The minimum absolute atomic E-state index is 0. The average molecular weight is 1630 g/mol. The maximum absolute atomic E-state index is 16.5. The van der Waals surface area contributed by atoms with Gasteiger partial charge in [-0.15, -0.1) is 0 Å². The molecular weight excluding hydrogens is 1520 g/mol. The number of carbonyl (C=O) groups excluding carboxylic acids is 7. The van der Waals surface area contributed by atoms with E-state index >= 15 is 17.6 Å². The molecule has 16 rings (SSSR count). The van der Waals surface area contributed by atoms with Gasteiger partial charge in [0.2, 0.25) is 17.7 Å². The van der Waals surface area contributed by atoms with Crippen LogP contribution in [-0.2, 0) is 45.2 Å². The zero-order valence-corrected chi connectivity index (χ0v) is 67.5. The van der Waals surface area contributed by atoms with Gasteiger partial charge in [0, 0.05) is 96.2 Å². The number of aliphatic imine (C=N–C) groups is 2. The topological polar surface area (TPSA) is 288 Å². The molecule has 10 aliphatic rings. The number of aromatic amines is 2. The molecule has 4 saturated heterocycles. The number of fused-ring (bicyclic) bond motifs is 6. The summed E-state index contributed by atoms with van der Waals surface area (Å²) >= 11 is 1.58. The van der Waals surface area contributed by atoms with Crippen LogP contribution in [0.1, 0.15) is 204 Å². The summed E-state index contributed by atoms with van der Waals surface area (Å²) < 4.78 is 85.9. The van der Waals surface area contributed by atoms with E-state index in [-0.39, 0.29) is 102 Å². The first-order chi connectivity index (χ1) is 54.8. The van der Waals surface area contributed by atoms with Crippen LogP contribution in [0.25, 0.3) is 55.9 Å². The van der Waals surface area contributed by atoms with E-state index in [4.69, 9.17) is 28.9 Å². The Balaban J connectivity index is 0.000000200. The molecule has 2 spiro atoms. The van der Waals surface area contributed by atoms with Crippen molar-refractivity contribution in [2.45, 2.75) is 207 Å². The van der Waals surface area contributed by atoms with E-state index in [0.717, 1.165) is 80.4 Å². The number of imidazole rings is 2. The highest BCUT2D eigenvalue weighted by molar-refractivity contribution is 7.98. The molecule has 2 saturated carbocycles. The van der Waals surface area contributed by atoms with Gasteiger partial charge in [-0.3, -0.25) is 29.3 Å². The lowest BCUT2D eigenvalue weighted by molar-refractivity contribution is -0.135. The first-order valence-corrected chi connectivity index (χ1v) is 41.1. The Morgan fingerprint density at radius 2 is 0.923 bits per heavy atom. The molecule has 4 aliphatic carbocycles. The number of H-pyrrole nitrogens is 2. The zero-order chi connectivity index (χ0) is 81.5. The van der Waals surface area contributed by atoms with Crippen molar-refractivity contribution in [2.75, 3.05) is 59.5 Å². The Hall–Kier alpha value is -10.3. The summed E-state index contributed by atoms with van der Waals surface area (Å²) in [5.74, 6) is -5.55. The molecule has 0 bridgehead atoms. The Labute approximate surface area is 684 Å². The summed E-state index contributed by atoms with van der Waals surface area (Å²) in [6.07, 6.45) is 16.2. The second-order valence-electron chi connectivity index (χ2n) is 34.0. The fourth-order valence-corrected chi connectivity index (χ4v) is 18.4. The SMILES string of the molecule is C.C.COC(=O)N[C@@H](CCSC)C(=O)N1CCC[C@H]1c1ncc(-c2ccc3c(c2)C(F)(F)c2cc(C4=CN=C([C@@H]5CC6(CC6)CN5C(=O)[C@@H](NC(=O)OC)C(C)C)C4)ccc2-3)[nH]1.COC(=O)N[C@H](C(=O)N1CC2(CC2)C[C@H]1C1=NC=C(c2ccc3c(c2)C(F)(F)c2cc(-c4cnc([C@@H]5CCCN5C(=O)OC(C)(C)C)[nH]4)ccc2-3)C1)C(C)C. The number of alkyl carbamates (subject to hydrolysis) is 3. The smallest absolute Gasteiger partial charge is 0.410 e. The van der Waals surface area contributed by atoms with Crippen LogP contribution in [0.15, 0.2) is 108 Å². The summed E-state index contributed by atoms with van der Waals surface area (Å²) in [5.41, 5.74) is 7.94. The molecular formula is C88H107F4N13O11S. The number of amides is 7. The number of thioether (sulfide) groups is 1. The third-order valence-corrected chi connectivity index (χ3v) is 25.2. The number of benzene rings is 4. The number of likely N-dealkylation sites (tertiary alicyclic amines) is 4. The van der Waals surface area contributed by atoms with Crippen LogP contribution in [0.4, 0.5) is 36.7 Å². The largest absolute Gasteiger partial charge is 0.453 e. The first kappa shape index (κ1) is 84.6. The highest BCUT2D eigenvalue weighted by Crippen LogP contribution is 2.59. The predicted molar refractivity (Wildman–Crippen MR) is 441 cm³/mol. The molecule has 2 aromatic heterocycles. The van der Waals surface area contributed by atoms with Gasteiger partial charge in [-0.25, -0.2) is 29.1 Å². The van der Waals surface area contributed by atoms with Gasteiger partial charge in [0.25, 0.3) is 11.8 Å². The fourth-order valence-electron chi connectivity index (χ4n) is 17.9. The number of nitrogens with one attached hydrogen (secondary N) is 5. The Morgan fingerprint density at radius 3 is 1.31 bits per heavy atom. The number of ether oxygens (including phenoxy) is 4. The number of hydrogen-bond donors (Lipinski definition) is 5. The molecule has 6 aromatic rings. The summed E-state index contributed by atoms with van der Waals surface area (Å²) in [6, 6.07) is 17.1. The summed E-state index contributed by atoms with van der Waals surface area (Å²) in [5, 5.41) is 8.10. The second-order valence-corrected chi connectivity index (χ2v) is 35.0. The number of hydrogen-bond acceptors (Lipinski definition) is 16. The van der Waals surface area contributed by atoms with Gasteiger partial charge >= 0.3 is 24.4 Å². The highest BCUT2D eigenvalue weighted by Gasteiger charge is 2.58. The second kappa shape index (κ2) is 32.9. The monoisotopic (exact) mass is 1630 g/mol. The fraction of sp³-hybridized carbons (Fsp3) is 0.511. The van der Waals surface area contributed by atoms with Crippen molar-refractivity contribution in [2.24, 2.45) is 32.7 Å². The molecule has 24 nitrogen and oxygen atoms in total. The van der Waals surface area contributed by atoms with E-state index in [2.05, 4.69) is 35.9 Å². The minimum atomic E-state index is -3.28. The van der Waals surface area contributed by atoms with Crippen LogP contribution in [0.2, 0.25) is 0 Å². The van der Waals surface area contributed by atoms with E-state index in [1.807, 2.05) is 82.7 Å². The van der Waals surface area contributed by atoms with Crippen molar-refractivity contribution in [3.8, 4) is 44.8 Å². The van der Waals surface area contributed by atoms with E-state index < -0.39 is 59.9 Å². The zero-order valence-electron chi connectivity index (χ0n) is 66.7. The lowest BCUT2D eigenvalue weighted by Crippen LogP contribution is -2.53. The van der Waals surface area contributed by atoms with Gasteiger partial charge in [0.15, 0.2) is 0 Å². The van der Waals surface area contributed by atoms with Crippen LogP contribution in [0, 0.1) is 22.7 Å². The van der Waals surface area contributed by atoms with Crippen LogP contribution in [0.5, 0.6) is 0 Å². The Bertz CT molecular complexity index is 5010. The van der Waals surface area contributed by atoms with Gasteiger partial charge in [-0.05, 0) is 195 Å². The van der Waals surface area contributed by atoms with Crippen LogP contribution in [-0.4, -0.2) is 188 Å². The van der Waals surface area contributed by atoms with Crippen LogP contribution < -0.4 is 16.0 Å². The van der Waals surface area contributed by atoms with Gasteiger partial charge in [0.1, 0.15) is 35.4 Å². The molecule has 6 fully saturated rings. The van der Waals surface area contributed by atoms with Crippen molar-refractivity contribution >= 4 is 76.4 Å². The number of allylic oxidation sites excluding steroid dienone is 2. The van der Waals surface area contributed by atoms with Crippen molar-refractivity contribution in [1.29, 1.82) is 0 Å². The molecule has 117 heavy (non-hydrogen) atoms. The Kier molecular flexibility index (Phi) is 23.8. The van der Waals surface area contributed by atoms with Gasteiger partial charge in [-0.1, -0.05) is 91.1 Å². The number of halogens is 4. The van der Waals surface area contributed by atoms with Crippen molar-refractivity contribution < 1.29 is 70.1 Å². The standard InChI is InChI=1S/C44H51F2N7O6S.C42H48F2N6O5.2CH4/c1-24(2)37(51-42(57)59-4)40(55)53-23-43(13-14-43)20-36(53)33-19-27(21-47-33)25-8-10-28-29-11-9-26(18-31(29)44(45,46)30(28)17-25)34-22-48-38(49-34)35-7-6-15-52(35)39(54)32(12-16-60-5)50-41(56)58-3;1-23(2)35(48-38(52)54-6)37(51)50-22-41(13-14-41)19-34(50)31-18-26(20-45-31)24-9-11-27-28-12-10-25(17-30(28)42(43,44)29(27)16-24)32-21-46-36(47-32)33-8-7-15-49(33)39(53)55-40(3,4)5;;/h8-11,17-18,21-22,24,32,35-37H,6-7,12-16,19-20,23H2,1-5H3,(H,48,49)(H,50,56)(H,51,57);9-12,16-17,20-21,23,33-35H,7-8,13-15,18-19,22H2,1-6H3,(H,46,47)(H,48,52);2*1H4/t32-,35-,36-,37-;33-,34-,35-;;/m00../s1. The first-order valence-electron chi connectivity index (χ1n) is 39.7. The maximum atomic E-state index is 16.5. The van der Waals surface area contributed by atoms with Crippen LogP contribution >= 0.6 is 11.8 Å². The van der Waals surface area contributed by atoms with Gasteiger partial charge in [0.05, 0.1) is 69.3 Å². The summed E-state index contributed by atoms with van der Waals surface area (Å²) in [6.45, 7) is 15.3. The van der Waals surface area contributed by atoms with Gasteiger partial charge < -0.3 is 59.6 Å². The predicted octanol–water partition coefficient (Wildman–Crippen LogP) is 16.8. The molecule has 6 aliphatic heterocycles. The lowest BCUT2D eigenvalue weighted by Gasteiger charge is -2.31. The summed E-state index contributed by atoms with van der Waals surface area (Å²) in [7, 11) is 3.81. The number of aromatic nitrogens is 4. The normalized spacial score (nSPS) is 21.6. The number of rotatable bonds is 19. The van der Waals surface area contributed by atoms with E-state index in [1.54, 1.807) is 88.8 Å². The molecule has 7 atom stereocenters. The molecule has 0 radical (unpaired) electrons. The number of methoxy groups -OCH3 is 3. The van der Waals surface area contributed by atoms with Crippen molar-refractivity contribution in [3.05, 3.63) is 143 Å². The third-order valence-electron chi connectivity index (χ3n) is 24.6. The van der Waals surface area contributed by atoms with Crippen molar-refractivity contribution in [3.63, 3.8) is 0 Å². The Morgan fingerprint density at radius 1 is 0.538 bits per heavy atom. The molecule has 29 heteroatoms. The lowest BCUT2D eigenvalue weighted by atomic mass is 9.93. The number of nitrogens with zero attached hydrogens (tertiary/aromatic N) is 8. The molecule has 624 valence electrons. The van der Waals surface area contributed by atoms with E-state index in [0.29, 0.717) is 125 Å². The quantitative estimate of drug-likeness (QED) is 0.0372. The molecule has 7 amide bonds. The molecule has 5 N–H and O–H groups in total. The van der Waals surface area contributed by atoms with E-state index in [9.17, 15) is 33.6 Å². The van der Waals surface area contributed by atoms with Crippen LogP contribution in [0.3, 0.4) is 0 Å².